The van der Waals surface area contributed by atoms with Crippen LogP contribution < -0.4 is 5.32 Å². The quantitative estimate of drug-likeness (QED) is 0.589. The molecule has 144 valence electrons. The third kappa shape index (κ3) is 6.86. The highest BCUT2D eigenvalue weighted by atomic mass is 79.9. The number of aliphatic hydroxyl groups excluding tert-OH is 1. The average Bonchev–Trinajstić information content (AvgIpc) is 2.63. The van der Waals surface area contributed by atoms with Gasteiger partial charge in [-0.2, -0.15) is 0 Å². The zero-order valence-corrected chi connectivity index (χ0v) is 16.6. The molecule has 2 aromatic carbocycles. The number of carbonyl (C=O) groups is 2. The van der Waals surface area contributed by atoms with Crippen molar-refractivity contribution in [1.29, 1.82) is 0 Å². The van der Waals surface area contributed by atoms with Crippen LogP contribution in [0, 0.1) is 5.82 Å². The van der Waals surface area contributed by atoms with Gasteiger partial charge in [0.1, 0.15) is 5.82 Å². The smallest absolute Gasteiger partial charge is 0.225 e. The van der Waals surface area contributed by atoms with Gasteiger partial charge in [0.25, 0.3) is 0 Å². The molecule has 0 fully saturated rings. The van der Waals surface area contributed by atoms with E-state index in [0.717, 1.165) is 4.47 Å². The molecule has 0 saturated carbocycles. The molecule has 2 N–H and O–H groups in total. The number of Topliss-reactive ketones (excluding diaryl/α,β-unsaturated/α-hetero) is 1. The number of carbonyl (C=O) groups excluding carboxylic acids is 2. The SMILES string of the molecule is CC(=O)c1ccc(NC(=O)CCN(CCO)Cc2cc(Br)ccc2F)cc1. The van der Waals surface area contributed by atoms with E-state index in [1.807, 2.05) is 4.90 Å². The Morgan fingerprint density at radius 1 is 1.15 bits per heavy atom. The minimum Gasteiger partial charge on any atom is -0.395 e. The molecule has 0 aliphatic rings. The molecule has 0 aliphatic heterocycles. The van der Waals surface area contributed by atoms with Crippen molar-refractivity contribution < 1.29 is 19.1 Å². The monoisotopic (exact) mass is 436 g/mol. The Morgan fingerprint density at radius 2 is 1.85 bits per heavy atom. The first-order chi connectivity index (χ1) is 12.9. The molecule has 0 unspecified atom stereocenters. The minimum absolute atomic E-state index is 0.0349. The van der Waals surface area contributed by atoms with Crippen LogP contribution in [0.5, 0.6) is 0 Å². The van der Waals surface area contributed by atoms with Gasteiger partial charge in [-0.3, -0.25) is 14.5 Å². The maximum atomic E-state index is 13.9. The van der Waals surface area contributed by atoms with Gasteiger partial charge in [0.2, 0.25) is 5.91 Å². The summed E-state index contributed by atoms with van der Waals surface area (Å²) >= 11 is 3.32. The number of aliphatic hydroxyl groups is 1. The number of hydrogen-bond donors (Lipinski definition) is 2. The van der Waals surface area contributed by atoms with E-state index >= 15 is 0 Å². The topological polar surface area (TPSA) is 69.6 Å². The molecule has 0 heterocycles. The number of nitrogens with one attached hydrogen (secondary N) is 1. The van der Waals surface area contributed by atoms with E-state index < -0.39 is 0 Å². The van der Waals surface area contributed by atoms with E-state index in [4.69, 9.17) is 0 Å². The normalized spacial score (nSPS) is 10.9. The summed E-state index contributed by atoms with van der Waals surface area (Å²) in [6, 6.07) is 11.4. The summed E-state index contributed by atoms with van der Waals surface area (Å²) in [6.07, 6.45) is 0.198. The fourth-order valence-corrected chi connectivity index (χ4v) is 3.00. The molecule has 2 aromatic rings. The Balaban J connectivity index is 1.91. The van der Waals surface area contributed by atoms with Crippen LogP contribution in [-0.4, -0.2) is 41.4 Å². The number of hydrogen-bond acceptors (Lipinski definition) is 4. The summed E-state index contributed by atoms with van der Waals surface area (Å²) in [4.78, 5) is 25.3. The van der Waals surface area contributed by atoms with Crippen LogP contribution in [0.3, 0.4) is 0 Å². The van der Waals surface area contributed by atoms with Crippen molar-refractivity contribution >= 4 is 33.3 Å². The number of halogens is 2. The van der Waals surface area contributed by atoms with E-state index in [0.29, 0.717) is 36.4 Å². The van der Waals surface area contributed by atoms with Crippen molar-refractivity contribution in [1.82, 2.24) is 4.90 Å². The summed E-state index contributed by atoms with van der Waals surface area (Å²) in [7, 11) is 0. The summed E-state index contributed by atoms with van der Waals surface area (Å²) < 4.78 is 14.7. The highest BCUT2D eigenvalue weighted by Gasteiger charge is 2.12. The summed E-state index contributed by atoms with van der Waals surface area (Å²) in [5.41, 5.74) is 1.69. The van der Waals surface area contributed by atoms with Crippen LogP contribution in [0.15, 0.2) is 46.9 Å². The number of benzene rings is 2. The maximum absolute atomic E-state index is 13.9. The van der Waals surface area contributed by atoms with Gasteiger partial charge < -0.3 is 10.4 Å². The third-order valence-corrected chi connectivity index (χ3v) is 4.54. The molecule has 2 rings (SSSR count). The molecule has 0 saturated heterocycles. The predicted molar refractivity (Wildman–Crippen MR) is 106 cm³/mol. The first-order valence-electron chi connectivity index (χ1n) is 8.57. The van der Waals surface area contributed by atoms with E-state index in [1.54, 1.807) is 36.4 Å². The molecule has 5 nitrogen and oxygen atoms in total. The van der Waals surface area contributed by atoms with Gasteiger partial charge in [-0.15, -0.1) is 0 Å². The molecule has 0 radical (unpaired) electrons. The number of rotatable bonds is 9. The van der Waals surface area contributed by atoms with Crippen molar-refractivity contribution in [2.75, 3.05) is 25.0 Å². The van der Waals surface area contributed by atoms with Gasteiger partial charge in [0, 0.05) is 47.3 Å². The molecular formula is C20H22BrFN2O3. The Kier molecular flexibility index (Phi) is 8.09. The molecule has 0 atom stereocenters. The van der Waals surface area contributed by atoms with E-state index in [1.165, 1.54) is 13.0 Å². The lowest BCUT2D eigenvalue weighted by Crippen LogP contribution is -2.30. The van der Waals surface area contributed by atoms with Crippen LogP contribution >= 0.6 is 15.9 Å². The molecule has 0 spiro atoms. The third-order valence-electron chi connectivity index (χ3n) is 4.05. The van der Waals surface area contributed by atoms with Crippen LogP contribution in [0.25, 0.3) is 0 Å². The lowest BCUT2D eigenvalue weighted by atomic mass is 10.1. The average molecular weight is 437 g/mol. The zero-order chi connectivity index (χ0) is 19.8. The lowest BCUT2D eigenvalue weighted by Gasteiger charge is -2.21. The highest BCUT2D eigenvalue weighted by Crippen LogP contribution is 2.17. The molecule has 0 aliphatic carbocycles. The van der Waals surface area contributed by atoms with Crippen LogP contribution in [-0.2, 0) is 11.3 Å². The van der Waals surface area contributed by atoms with Crippen molar-refractivity contribution in [3.63, 3.8) is 0 Å². The molecular weight excluding hydrogens is 415 g/mol. The summed E-state index contributed by atoms with van der Waals surface area (Å²) in [5.74, 6) is -0.549. The van der Waals surface area contributed by atoms with Crippen molar-refractivity contribution in [3.8, 4) is 0 Å². The predicted octanol–water partition coefficient (Wildman–Crippen LogP) is 3.61. The molecule has 27 heavy (non-hydrogen) atoms. The second-order valence-corrected chi connectivity index (χ2v) is 7.08. The standard InChI is InChI=1S/C20H22BrFN2O3/c1-14(26)15-2-5-18(6-3-15)23-20(27)8-9-24(10-11-25)13-16-12-17(21)4-7-19(16)22/h2-7,12,25H,8-11,13H2,1H3,(H,23,27). The second-order valence-electron chi connectivity index (χ2n) is 6.17. The van der Waals surface area contributed by atoms with Crippen LogP contribution in [0.1, 0.15) is 29.3 Å². The molecule has 0 bridgehead atoms. The van der Waals surface area contributed by atoms with Gasteiger partial charge >= 0.3 is 0 Å². The second kappa shape index (κ2) is 10.3. The summed E-state index contributed by atoms with van der Waals surface area (Å²) in [5, 5.41) is 12.0. The van der Waals surface area contributed by atoms with Crippen LogP contribution in [0.4, 0.5) is 10.1 Å². The Labute approximate surface area is 166 Å². The first kappa shape index (κ1) is 21.2. The fraction of sp³-hybridized carbons (Fsp3) is 0.300. The Bertz CT molecular complexity index is 796. The van der Waals surface area contributed by atoms with Gasteiger partial charge in [0.05, 0.1) is 6.61 Å². The van der Waals surface area contributed by atoms with Crippen LogP contribution in [0.2, 0.25) is 0 Å². The Hall–Kier alpha value is -2.09. The van der Waals surface area contributed by atoms with Crippen molar-refractivity contribution in [2.45, 2.75) is 19.9 Å². The highest BCUT2D eigenvalue weighted by molar-refractivity contribution is 9.10. The summed E-state index contributed by atoms with van der Waals surface area (Å²) in [6.45, 7) is 2.42. The van der Waals surface area contributed by atoms with Gasteiger partial charge in [-0.25, -0.2) is 4.39 Å². The van der Waals surface area contributed by atoms with Gasteiger partial charge in [-0.1, -0.05) is 15.9 Å². The number of anilines is 1. The molecule has 1 amide bonds. The van der Waals surface area contributed by atoms with Crippen molar-refractivity contribution in [2.24, 2.45) is 0 Å². The van der Waals surface area contributed by atoms with E-state index in [2.05, 4.69) is 21.2 Å². The minimum atomic E-state index is -0.323. The number of ketones is 1. The van der Waals surface area contributed by atoms with Gasteiger partial charge in [0.15, 0.2) is 5.78 Å². The lowest BCUT2D eigenvalue weighted by molar-refractivity contribution is -0.116. The molecule has 0 aromatic heterocycles. The first-order valence-corrected chi connectivity index (χ1v) is 9.36. The number of amides is 1. The van der Waals surface area contributed by atoms with Crippen molar-refractivity contribution in [3.05, 3.63) is 63.9 Å². The number of nitrogens with zero attached hydrogens (tertiary/aromatic N) is 1. The largest absolute Gasteiger partial charge is 0.395 e. The Morgan fingerprint density at radius 3 is 2.48 bits per heavy atom. The van der Waals surface area contributed by atoms with Gasteiger partial charge in [-0.05, 0) is 49.4 Å². The fourth-order valence-electron chi connectivity index (χ4n) is 2.59. The van der Waals surface area contributed by atoms with E-state index in [9.17, 15) is 19.1 Å². The maximum Gasteiger partial charge on any atom is 0.225 e. The van der Waals surface area contributed by atoms with E-state index in [-0.39, 0.29) is 30.5 Å². The zero-order valence-electron chi connectivity index (χ0n) is 15.0. The molecule has 7 heteroatoms.